The van der Waals surface area contributed by atoms with Crippen molar-refractivity contribution >= 4 is 16.7 Å². The number of carbonyl (C=O) groups excluding carboxylic acids is 1. The number of furan rings is 1. The summed E-state index contributed by atoms with van der Waals surface area (Å²) in [5.74, 6) is 1.44. The van der Waals surface area contributed by atoms with Gasteiger partial charge in [-0.1, -0.05) is 11.6 Å². The van der Waals surface area contributed by atoms with Gasteiger partial charge in [-0.15, -0.1) is 0 Å². The second kappa shape index (κ2) is 4.12. The van der Waals surface area contributed by atoms with Crippen molar-refractivity contribution in [2.75, 3.05) is 0 Å². The maximum atomic E-state index is 12.6. The van der Waals surface area contributed by atoms with Crippen LogP contribution in [0.2, 0.25) is 0 Å². The molecule has 0 aliphatic carbocycles. The Morgan fingerprint density at radius 3 is 2.58 bits per heavy atom. The molecule has 0 spiro atoms. The van der Waals surface area contributed by atoms with Gasteiger partial charge in [-0.05, 0) is 39.0 Å². The number of carbonyl (C=O) groups is 1. The molecule has 2 heterocycles. The van der Waals surface area contributed by atoms with E-state index in [1.807, 2.05) is 39.0 Å². The Labute approximate surface area is 111 Å². The van der Waals surface area contributed by atoms with Gasteiger partial charge in [0.25, 0.3) is 0 Å². The lowest BCUT2D eigenvalue weighted by Gasteiger charge is -1.99. The Hall–Kier alpha value is -2.29. The molecule has 0 unspecified atom stereocenters. The smallest absolute Gasteiger partial charge is 0.198 e. The van der Waals surface area contributed by atoms with E-state index in [0.29, 0.717) is 16.9 Å². The van der Waals surface area contributed by atoms with Gasteiger partial charge in [-0.2, -0.15) is 0 Å². The summed E-state index contributed by atoms with van der Waals surface area (Å²) < 4.78 is 5.44. The van der Waals surface area contributed by atoms with Crippen LogP contribution in [-0.2, 0) is 0 Å². The molecule has 1 aromatic carbocycles. The number of aryl methyl sites for hydroxylation is 3. The topological polar surface area (TPSA) is 46.0 Å². The molecule has 0 amide bonds. The number of ketones is 1. The number of nitrogens with one attached hydrogen (secondary N) is 1. The Morgan fingerprint density at radius 2 is 1.89 bits per heavy atom. The third kappa shape index (κ3) is 1.87. The van der Waals surface area contributed by atoms with Crippen LogP contribution in [0.5, 0.6) is 0 Å². The quantitative estimate of drug-likeness (QED) is 0.703. The molecule has 0 bridgehead atoms. The van der Waals surface area contributed by atoms with Crippen molar-refractivity contribution < 1.29 is 9.21 Å². The van der Waals surface area contributed by atoms with Crippen LogP contribution >= 0.6 is 0 Å². The number of rotatable bonds is 2. The summed E-state index contributed by atoms with van der Waals surface area (Å²) in [5, 5.41) is 0.961. The Kier molecular flexibility index (Phi) is 2.56. The number of benzene rings is 1. The van der Waals surface area contributed by atoms with Crippen molar-refractivity contribution in [1.29, 1.82) is 0 Å². The minimum absolute atomic E-state index is 0.00574. The normalized spacial score (nSPS) is 11.1. The Morgan fingerprint density at radius 1 is 1.11 bits per heavy atom. The van der Waals surface area contributed by atoms with E-state index < -0.39 is 0 Å². The van der Waals surface area contributed by atoms with Crippen LogP contribution in [-0.4, -0.2) is 10.8 Å². The second-order valence-electron chi connectivity index (χ2n) is 4.91. The van der Waals surface area contributed by atoms with Crippen LogP contribution in [0.25, 0.3) is 10.9 Å². The molecule has 3 rings (SSSR count). The predicted molar refractivity (Wildman–Crippen MR) is 74.7 cm³/mol. The zero-order valence-electron chi connectivity index (χ0n) is 11.2. The number of hydrogen-bond donors (Lipinski definition) is 1. The molecule has 96 valence electrons. The van der Waals surface area contributed by atoms with Gasteiger partial charge in [0.05, 0.1) is 5.56 Å². The summed E-state index contributed by atoms with van der Waals surface area (Å²) in [6.07, 6.45) is 1.77. The van der Waals surface area contributed by atoms with Crippen molar-refractivity contribution in [3.8, 4) is 0 Å². The number of aromatic amines is 1. The summed E-state index contributed by atoms with van der Waals surface area (Å²) in [5.41, 5.74) is 3.45. The summed E-state index contributed by atoms with van der Waals surface area (Å²) in [4.78, 5) is 15.7. The molecule has 0 atom stereocenters. The van der Waals surface area contributed by atoms with E-state index >= 15 is 0 Å². The molecule has 0 radical (unpaired) electrons. The number of fused-ring (bicyclic) bond motifs is 1. The number of aromatic nitrogens is 1. The first-order chi connectivity index (χ1) is 9.06. The van der Waals surface area contributed by atoms with Crippen LogP contribution in [0.3, 0.4) is 0 Å². The zero-order chi connectivity index (χ0) is 13.6. The molecule has 0 saturated heterocycles. The highest BCUT2D eigenvalue weighted by Gasteiger charge is 2.18. The van der Waals surface area contributed by atoms with Crippen LogP contribution in [0.15, 0.2) is 34.9 Å². The highest BCUT2D eigenvalue weighted by molar-refractivity contribution is 6.16. The van der Waals surface area contributed by atoms with Gasteiger partial charge in [-0.3, -0.25) is 4.79 Å². The summed E-state index contributed by atoms with van der Waals surface area (Å²) >= 11 is 0. The van der Waals surface area contributed by atoms with E-state index in [-0.39, 0.29) is 5.78 Å². The molecule has 1 N–H and O–H groups in total. The highest BCUT2D eigenvalue weighted by atomic mass is 16.3. The summed E-state index contributed by atoms with van der Waals surface area (Å²) in [6, 6.07) is 7.85. The van der Waals surface area contributed by atoms with Crippen LogP contribution < -0.4 is 0 Å². The fourth-order valence-electron chi connectivity index (χ4n) is 2.42. The predicted octanol–water partition coefficient (Wildman–Crippen LogP) is 3.92. The van der Waals surface area contributed by atoms with Crippen LogP contribution in [0, 0.1) is 20.8 Å². The van der Waals surface area contributed by atoms with Crippen molar-refractivity contribution in [2.24, 2.45) is 0 Å². The first-order valence-corrected chi connectivity index (χ1v) is 6.26. The van der Waals surface area contributed by atoms with Crippen molar-refractivity contribution in [1.82, 2.24) is 4.98 Å². The fraction of sp³-hybridized carbons (Fsp3) is 0.188. The lowest BCUT2D eigenvalue weighted by atomic mass is 10.0. The first kappa shape index (κ1) is 11.8. The minimum Gasteiger partial charge on any atom is -0.466 e. The Bertz CT molecular complexity index is 777. The number of hydrogen-bond acceptors (Lipinski definition) is 2. The SMILES string of the molecule is Cc1ccc2[nH]cc(C(=O)c3cc(C)oc3C)c2c1. The van der Waals surface area contributed by atoms with Gasteiger partial charge < -0.3 is 9.40 Å². The molecular formula is C16H15NO2. The molecule has 0 aliphatic rings. The largest absolute Gasteiger partial charge is 0.466 e. The maximum absolute atomic E-state index is 12.6. The van der Waals surface area contributed by atoms with E-state index in [1.54, 1.807) is 12.3 Å². The van der Waals surface area contributed by atoms with E-state index in [0.717, 1.165) is 22.2 Å². The molecular weight excluding hydrogens is 238 g/mol. The van der Waals surface area contributed by atoms with Gasteiger partial charge in [0, 0.05) is 22.7 Å². The molecule has 3 nitrogen and oxygen atoms in total. The van der Waals surface area contributed by atoms with Gasteiger partial charge in [0.2, 0.25) is 0 Å². The summed E-state index contributed by atoms with van der Waals surface area (Å²) in [7, 11) is 0. The lowest BCUT2D eigenvalue weighted by Crippen LogP contribution is -2.00. The average Bonchev–Trinajstić information content (AvgIpc) is 2.91. The molecule has 3 aromatic rings. The summed E-state index contributed by atoms with van der Waals surface area (Å²) in [6.45, 7) is 5.69. The van der Waals surface area contributed by atoms with E-state index in [1.165, 1.54) is 0 Å². The van der Waals surface area contributed by atoms with E-state index in [4.69, 9.17) is 4.42 Å². The molecule has 0 saturated carbocycles. The van der Waals surface area contributed by atoms with Gasteiger partial charge in [-0.25, -0.2) is 0 Å². The molecule has 3 heteroatoms. The second-order valence-corrected chi connectivity index (χ2v) is 4.91. The molecule has 0 fully saturated rings. The standard InChI is InChI=1S/C16H15NO2/c1-9-4-5-15-13(6-9)14(8-17-15)16(18)12-7-10(2)19-11(12)3/h4-8,17H,1-3H3. The van der Waals surface area contributed by atoms with Crippen LogP contribution in [0.4, 0.5) is 0 Å². The average molecular weight is 253 g/mol. The minimum atomic E-state index is 0.00574. The zero-order valence-corrected chi connectivity index (χ0v) is 11.2. The van der Waals surface area contributed by atoms with Gasteiger partial charge in [0.1, 0.15) is 11.5 Å². The van der Waals surface area contributed by atoms with E-state index in [9.17, 15) is 4.79 Å². The van der Waals surface area contributed by atoms with Gasteiger partial charge in [0.15, 0.2) is 5.78 Å². The molecule has 2 aromatic heterocycles. The lowest BCUT2D eigenvalue weighted by molar-refractivity contribution is 0.103. The van der Waals surface area contributed by atoms with Crippen molar-refractivity contribution in [3.63, 3.8) is 0 Å². The third-order valence-electron chi connectivity index (χ3n) is 3.37. The monoisotopic (exact) mass is 253 g/mol. The third-order valence-corrected chi connectivity index (χ3v) is 3.37. The number of H-pyrrole nitrogens is 1. The van der Waals surface area contributed by atoms with Crippen molar-refractivity contribution in [2.45, 2.75) is 20.8 Å². The van der Waals surface area contributed by atoms with Crippen LogP contribution in [0.1, 0.15) is 33.0 Å². The van der Waals surface area contributed by atoms with Crippen molar-refractivity contribution in [3.05, 3.63) is 58.7 Å². The van der Waals surface area contributed by atoms with Gasteiger partial charge >= 0.3 is 0 Å². The maximum Gasteiger partial charge on any atom is 0.198 e. The first-order valence-electron chi connectivity index (χ1n) is 6.26. The highest BCUT2D eigenvalue weighted by Crippen LogP contribution is 2.24. The fourth-order valence-corrected chi connectivity index (χ4v) is 2.42. The molecule has 19 heavy (non-hydrogen) atoms. The van der Waals surface area contributed by atoms with E-state index in [2.05, 4.69) is 4.98 Å². The molecule has 0 aliphatic heterocycles. The Balaban J connectivity index is 2.16.